The van der Waals surface area contributed by atoms with Gasteiger partial charge < -0.3 is 11.1 Å². The maximum absolute atomic E-state index is 11.3. The molecule has 0 bridgehead atoms. The molecule has 2 heterocycles. The summed E-state index contributed by atoms with van der Waals surface area (Å²) in [5, 5.41) is 10.6. The van der Waals surface area contributed by atoms with Crippen molar-refractivity contribution in [2.75, 3.05) is 0 Å². The molecule has 0 aliphatic carbocycles. The van der Waals surface area contributed by atoms with Crippen molar-refractivity contribution in [2.45, 2.75) is 19.5 Å². The Kier molecular flexibility index (Phi) is 2.82. The molecule has 0 saturated heterocycles. The Hall–Kier alpha value is -1.95. The first-order valence-corrected chi connectivity index (χ1v) is 5.00. The number of hydrogen-bond donors (Lipinski definition) is 2. The number of pyridine rings is 1. The number of rotatable bonds is 3. The van der Waals surface area contributed by atoms with E-state index in [0.717, 1.165) is 5.65 Å². The van der Waals surface area contributed by atoms with Crippen LogP contribution in [0.4, 0.5) is 0 Å². The highest BCUT2D eigenvalue weighted by Gasteiger charge is 2.09. The van der Waals surface area contributed by atoms with Crippen LogP contribution >= 0.6 is 0 Å². The maximum Gasteiger partial charge on any atom is 0.237 e. The topological polar surface area (TPSA) is 85.3 Å². The quantitative estimate of drug-likeness (QED) is 0.741. The van der Waals surface area contributed by atoms with Gasteiger partial charge in [0.1, 0.15) is 0 Å². The lowest BCUT2D eigenvalue weighted by atomic mass is 10.3. The van der Waals surface area contributed by atoms with Crippen LogP contribution in [0.3, 0.4) is 0 Å². The van der Waals surface area contributed by atoms with Gasteiger partial charge in [-0.05, 0) is 19.1 Å². The van der Waals surface area contributed by atoms with E-state index in [4.69, 9.17) is 5.73 Å². The Morgan fingerprint density at radius 2 is 2.38 bits per heavy atom. The van der Waals surface area contributed by atoms with Crippen LogP contribution in [0, 0.1) is 0 Å². The zero-order chi connectivity index (χ0) is 11.5. The lowest BCUT2D eigenvalue weighted by Crippen LogP contribution is -2.38. The molecule has 0 aliphatic rings. The first-order chi connectivity index (χ1) is 7.68. The molecule has 1 amide bonds. The summed E-state index contributed by atoms with van der Waals surface area (Å²) in [6.07, 6.45) is 1.85. The largest absolute Gasteiger partial charge is 0.347 e. The minimum atomic E-state index is -0.515. The van der Waals surface area contributed by atoms with E-state index in [1.165, 1.54) is 0 Å². The van der Waals surface area contributed by atoms with Gasteiger partial charge in [0, 0.05) is 6.20 Å². The molecule has 6 heteroatoms. The fourth-order valence-electron chi connectivity index (χ4n) is 1.34. The minimum Gasteiger partial charge on any atom is -0.347 e. The number of hydrogen-bond acceptors (Lipinski definition) is 4. The van der Waals surface area contributed by atoms with Gasteiger partial charge in [0.15, 0.2) is 11.5 Å². The smallest absolute Gasteiger partial charge is 0.237 e. The van der Waals surface area contributed by atoms with Crippen LogP contribution in [0.2, 0.25) is 0 Å². The van der Waals surface area contributed by atoms with E-state index in [1.807, 2.05) is 28.8 Å². The molecule has 16 heavy (non-hydrogen) atoms. The van der Waals surface area contributed by atoms with E-state index < -0.39 is 6.04 Å². The van der Waals surface area contributed by atoms with Gasteiger partial charge in [-0.2, -0.15) is 0 Å². The third-order valence-electron chi connectivity index (χ3n) is 2.22. The number of carbonyl (C=O) groups excluding carboxylic acids is 1. The van der Waals surface area contributed by atoms with Gasteiger partial charge in [0.05, 0.1) is 12.6 Å². The van der Waals surface area contributed by atoms with Crippen LogP contribution in [0.1, 0.15) is 12.7 Å². The average Bonchev–Trinajstić information content (AvgIpc) is 2.69. The SMILES string of the molecule is C[C@@H](N)C(=O)NCc1nnc2ccccn12. The molecule has 2 aromatic rings. The average molecular weight is 219 g/mol. The van der Waals surface area contributed by atoms with Crippen molar-refractivity contribution in [3.63, 3.8) is 0 Å². The number of nitrogens with two attached hydrogens (primary N) is 1. The number of nitrogens with zero attached hydrogens (tertiary/aromatic N) is 3. The fourth-order valence-corrected chi connectivity index (χ4v) is 1.34. The molecule has 2 rings (SSSR count). The molecule has 0 aliphatic heterocycles. The van der Waals surface area contributed by atoms with Crippen molar-refractivity contribution in [3.05, 3.63) is 30.2 Å². The van der Waals surface area contributed by atoms with E-state index in [9.17, 15) is 4.79 Å². The van der Waals surface area contributed by atoms with Crippen molar-refractivity contribution in [2.24, 2.45) is 5.73 Å². The lowest BCUT2D eigenvalue weighted by molar-refractivity contribution is -0.122. The van der Waals surface area contributed by atoms with E-state index in [-0.39, 0.29) is 5.91 Å². The second-order valence-electron chi connectivity index (χ2n) is 3.55. The Bertz CT molecular complexity index is 505. The van der Waals surface area contributed by atoms with Crippen LogP contribution in [0.25, 0.3) is 5.65 Å². The highest BCUT2D eigenvalue weighted by Crippen LogP contribution is 2.02. The number of aromatic nitrogens is 3. The highest BCUT2D eigenvalue weighted by molar-refractivity contribution is 5.80. The van der Waals surface area contributed by atoms with E-state index >= 15 is 0 Å². The van der Waals surface area contributed by atoms with Crippen molar-refractivity contribution in [3.8, 4) is 0 Å². The predicted molar refractivity (Wildman–Crippen MR) is 58.5 cm³/mol. The molecular formula is C10H13N5O. The summed E-state index contributed by atoms with van der Waals surface area (Å²) in [5.41, 5.74) is 6.19. The Morgan fingerprint density at radius 1 is 1.56 bits per heavy atom. The van der Waals surface area contributed by atoms with Crippen LogP contribution in [0.5, 0.6) is 0 Å². The molecular weight excluding hydrogens is 206 g/mol. The molecule has 0 spiro atoms. The van der Waals surface area contributed by atoms with Gasteiger partial charge in [-0.25, -0.2) is 0 Å². The van der Waals surface area contributed by atoms with Gasteiger partial charge in [-0.1, -0.05) is 6.07 Å². The van der Waals surface area contributed by atoms with Crippen molar-refractivity contribution < 1.29 is 4.79 Å². The van der Waals surface area contributed by atoms with Crippen molar-refractivity contribution in [1.82, 2.24) is 19.9 Å². The number of nitrogens with one attached hydrogen (secondary N) is 1. The molecule has 0 radical (unpaired) electrons. The van der Waals surface area contributed by atoms with Crippen molar-refractivity contribution >= 4 is 11.6 Å². The predicted octanol–water partition coefficient (Wildman–Crippen LogP) is -0.307. The highest BCUT2D eigenvalue weighted by atomic mass is 16.2. The molecule has 2 aromatic heterocycles. The second-order valence-corrected chi connectivity index (χ2v) is 3.55. The summed E-state index contributed by atoms with van der Waals surface area (Å²) in [6.45, 7) is 1.96. The summed E-state index contributed by atoms with van der Waals surface area (Å²) < 4.78 is 1.82. The van der Waals surface area contributed by atoms with Gasteiger partial charge in [-0.3, -0.25) is 9.20 Å². The molecule has 6 nitrogen and oxygen atoms in total. The summed E-state index contributed by atoms with van der Waals surface area (Å²) >= 11 is 0. The first-order valence-electron chi connectivity index (χ1n) is 5.00. The van der Waals surface area contributed by atoms with E-state index in [2.05, 4.69) is 15.5 Å². The van der Waals surface area contributed by atoms with E-state index in [0.29, 0.717) is 12.4 Å². The monoisotopic (exact) mass is 219 g/mol. The third-order valence-corrected chi connectivity index (χ3v) is 2.22. The molecule has 0 unspecified atom stereocenters. The van der Waals surface area contributed by atoms with Crippen LogP contribution in [0.15, 0.2) is 24.4 Å². The molecule has 0 fully saturated rings. The van der Waals surface area contributed by atoms with Crippen LogP contribution in [-0.4, -0.2) is 26.5 Å². The summed E-state index contributed by atoms with van der Waals surface area (Å²) in [7, 11) is 0. The second kappa shape index (κ2) is 4.28. The van der Waals surface area contributed by atoms with Gasteiger partial charge >= 0.3 is 0 Å². The molecule has 84 valence electrons. The zero-order valence-corrected chi connectivity index (χ0v) is 8.92. The molecule has 1 atom stereocenters. The molecule has 0 aromatic carbocycles. The van der Waals surface area contributed by atoms with Crippen LogP contribution in [-0.2, 0) is 11.3 Å². The summed E-state index contributed by atoms with van der Waals surface area (Å²) in [4.78, 5) is 11.3. The standard InChI is InChI=1S/C10H13N5O/c1-7(11)10(16)12-6-9-14-13-8-4-2-3-5-15(8)9/h2-5,7H,6,11H2,1H3,(H,12,16)/t7-/m1/s1. The van der Waals surface area contributed by atoms with Gasteiger partial charge in [-0.15, -0.1) is 10.2 Å². The Morgan fingerprint density at radius 3 is 3.12 bits per heavy atom. The fraction of sp³-hybridized carbons (Fsp3) is 0.300. The zero-order valence-electron chi connectivity index (χ0n) is 8.92. The third kappa shape index (κ3) is 2.01. The minimum absolute atomic E-state index is 0.201. The summed E-state index contributed by atoms with van der Waals surface area (Å²) in [6, 6.07) is 5.10. The summed E-state index contributed by atoms with van der Waals surface area (Å²) in [5.74, 6) is 0.484. The van der Waals surface area contributed by atoms with Crippen molar-refractivity contribution in [1.29, 1.82) is 0 Å². The molecule has 0 saturated carbocycles. The Labute approximate surface area is 92.5 Å². The number of fused-ring (bicyclic) bond motifs is 1. The van der Waals surface area contributed by atoms with Gasteiger partial charge in [0.25, 0.3) is 0 Å². The molecule has 3 N–H and O–H groups in total. The number of amides is 1. The van der Waals surface area contributed by atoms with Gasteiger partial charge in [0.2, 0.25) is 5.91 Å². The normalized spacial score (nSPS) is 12.6. The van der Waals surface area contributed by atoms with E-state index in [1.54, 1.807) is 6.92 Å². The number of carbonyl (C=O) groups is 1. The Balaban J connectivity index is 2.13. The van der Waals surface area contributed by atoms with Crippen LogP contribution < -0.4 is 11.1 Å². The first kappa shape index (κ1) is 10.6. The lowest BCUT2D eigenvalue weighted by Gasteiger charge is -2.06. The maximum atomic E-state index is 11.3.